The highest BCUT2D eigenvalue weighted by Crippen LogP contribution is 2.18. The SMILES string of the molecule is CC(=O)Nc1ccc(OC(=O)CC[C@H](OC(C)=O)[C@@H](CO)OC(C)=O)cc1. The fourth-order valence-electron chi connectivity index (χ4n) is 2.23. The zero-order valence-electron chi connectivity index (χ0n) is 15.4. The molecule has 0 heterocycles. The first kappa shape index (κ1) is 22.1. The molecule has 0 spiro atoms. The Bertz CT molecular complexity index is 670. The van der Waals surface area contributed by atoms with Crippen molar-refractivity contribution in [3.63, 3.8) is 0 Å². The van der Waals surface area contributed by atoms with Gasteiger partial charge in [-0.3, -0.25) is 19.2 Å². The third kappa shape index (κ3) is 8.82. The molecule has 0 aliphatic heterocycles. The number of aliphatic hydroxyl groups is 1. The number of hydrogen-bond donors (Lipinski definition) is 2. The van der Waals surface area contributed by atoms with Crippen molar-refractivity contribution in [2.45, 2.75) is 45.8 Å². The lowest BCUT2D eigenvalue weighted by molar-refractivity contribution is -0.169. The molecule has 2 N–H and O–H groups in total. The average Bonchev–Trinajstić information content (AvgIpc) is 2.57. The first-order valence-electron chi connectivity index (χ1n) is 8.25. The van der Waals surface area contributed by atoms with Crippen LogP contribution in [-0.4, -0.2) is 47.7 Å². The van der Waals surface area contributed by atoms with Crippen LogP contribution in [-0.2, 0) is 28.7 Å². The Labute approximate surface area is 156 Å². The maximum Gasteiger partial charge on any atom is 0.311 e. The van der Waals surface area contributed by atoms with Crippen molar-refractivity contribution >= 4 is 29.5 Å². The Morgan fingerprint density at radius 3 is 2.00 bits per heavy atom. The first-order chi connectivity index (χ1) is 12.7. The molecule has 1 amide bonds. The van der Waals surface area contributed by atoms with Crippen LogP contribution in [0.5, 0.6) is 5.75 Å². The molecule has 1 aromatic rings. The second-order valence-corrected chi connectivity index (χ2v) is 5.70. The molecule has 2 atom stereocenters. The molecule has 1 rings (SSSR count). The number of carbonyl (C=O) groups excluding carboxylic acids is 4. The highest BCUT2D eigenvalue weighted by atomic mass is 16.6. The molecule has 148 valence electrons. The van der Waals surface area contributed by atoms with Crippen LogP contribution in [0.15, 0.2) is 24.3 Å². The molecule has 9 heteroatoms. The Balaban J connectivity index is 2.63. The number of rotatable bonds is 9. The van der Waals surface area contributed by atoms with E-state index < -0.39 is 36.7 Å². The van der Waals surface area contributed by atoms with Crippen LogP contribution in [0.3, 0.4) is 0 Å². The van der Waals surface area contributed by atoms with E-state index in [9.17, 15) is 24.3 Å². The zero-order chi connectivity index (χ0) is 20.4. The van der Waals surface area contributed by atoms with Gasteiger partial charge in [-0.05, 0) is 30.7 Å². The van der Waals surface area contributed by atoms with Gasteiger partial charge in [0.25, 0.3) is 0 Å². The minimum absolute atomic E-state index is 0.000889. The van der Waals surface area contributed by atoms with E-state index in [1.54, 1.807) is 12.1 Å². The van der Waals surface area contributed by atoms with E-state index in [2.05, 4.69) is 5.32 Å². The maximum atomic E-state index is 12.0. The summed E-state index contributed by atoms with van der Waals surface area (Å²) in [5, 5.41) is 11.9. The van der Waals surface area contributed by atoms with E-state index in [1.807, 2.05) is 0 Å². The smallest absolute Gasteiger partial charge is 0.311 e. The van der Waals surface area contributed by atoms with E-state index >= 15 is 0 Å². The fraction of sp³-hybridized carbons (Fsp3) is 0.444. The largest absolute Gasteiger partial charge is 0.458 e. The molecule has 0 saturated heterocycles. The predicted molar refractivity (Wildman–Crippen MR) is 93.8 cm³/mol. The molecule has 0 fully saturated rings. The van der Waals surface area contributed by atoms with Gasteiger partial charge in [-0.1, -0.05) is 0 Å². The summed E-state index contributed by atoms with van der Waals surface area (Å²) in [5.74, 6) is -1.82. The summed E-state index contributed by atoms with van der Waals surface area (Å²) in [4.78, 5) is 45.3. The Kier molecular flexibility index (Phi) is 8.94. The lowest BCUT2D eigenvalue weighted by Crippen LogP contribution is -2.37. The lowest BCUT2D eigenvalue weighted by Gasteiger charge is -2.24. The van der Waals surface area contributed by atoms with Crippen molar-refractivity contribution in [1.82, 2.24) is 0 Å². The average molecular weight is 381 g/mol. The third-order valence-corrected chi connectivity index (χ3v) is 3.27. The monoisotopic (exact) mass is 381 g/mol. The minimum atomic E-state index is -1.07. The van der Waals surface area contributed by atoms with Crippen LogP contribution in [0, 0.1) is 0 Å². The van der Waals surface area contributed by atoms with E-state index in [-0.39, 0.29) is 24.5 Å². The lowest BCUT2D eigenvalue weighted by atomic mass is 10.1. The summed E-state index contributed by atoms with van der Waals surface area (Å²) < 4.78 is 15.1. The van der Waals surface area contributed by atoms with E-state index in [4.69, 9.17) is 14.2 Å². The normalized spacial score (nSPS) is 12.4. The van der Waals surface area contributed by atoms with Gasteiger partial charge in [-0.2, -0.15) is 0 Å². The van der Waals surface area contributed by atoms with Crippen molar-refractivity contribution in [2.75, 3.05) is 11.9 Å². The van der Waals surface area contributed by atoms with Crippen LogP contribution < -0.4 is 10.1 Å². The second kappa shape index (κ2) is 10.9. The van der Waals surface area contributed by atoms with Crippen LogP contribution in [0.2, 0.25) is 0 Å². The van der Waals surface area contributed by atoms with Gasteiger partial charge >= 0.3 is 17.9 Å². The minimum Gasteiger partial charge on any atom is -0.458 e. The number of benzene rings is 1. The third-order valence-electron chi connectivity index (χ3n) is 3.27. The van der Waals surface area contributed by atoms with Gasteiger partial charge in [0, 0.05) is 32.9 Å². The van der Waals surface area contributed by atoms with E-state index in [0.717, 1.165) is 6.92 Å². The molecule has 9 nitrogen and oxygen atoms in total. The second-order valence-electron chi connectivity index (χ2n) is 5.70. The van der Waals surface area contributed by atoms with Gasteiger partial charge in [0.2, 0.25) is 5.91 Å². The number of amides is 1. The maximum absolute atomic E-state index is 12.0. The van der Waals surface area contributed by atoms with Crippen LogP contribution >= 0.6 is 0 Å². The molecule has 0 saturated carbocycles. The Morgan fingerprint density at radius 2 is 1.52 bits per heavy atom. The molecule has 0 unspecified atom stereocenters. The van der Waals surface area contributed by atoms with Gasteiger partial charge in [0.05, 0.1) is 6.61 Å². The number of carbonyl (C=O) groups is 4. The van der Waals surface area contributed by atoms with Gasteiger partial charge in [0.15, 0.2) is 6.10 Å². The molecule has 27 heavy (non-hydrogen) atoms. The Hall–Kier alpha value is -2.94. The van der Waals surface area contributed by atoms with Gasteiger partial charge in [0.1, 0.15) is 11.9 Å². The van der Waals surface area contributed by atoms with Gasteiger partial charge < -0.3 is 24.6 Å². The van der Waals surface area contributed by atoms with Crippen LogP contribution in [0.1, 0.15) is 33.6 Å². The Morgan fingerprint density at radius 1 is 0.963 bits per heavy atom. The number of ether oxygens (including phenoxy) is 3. The quantitative estimate of drug-likeness (QED) is 0.482. The number of nitrogens with one attached hydrogen (secondary N) is 1. The summed E-state index contributed by atoms with van der Waals surface area (Å²) in [6, 6.07) is 6.19. The summed E-state index contributed by atoms with van der Waals surface area (Å²) >= 11 is 0. The van der Waals surface area contributed by atoms with E-state index in [1.165, 1.54) is 26.0 Å². The summed E-state index contributed by atoms with van der Waals surface area (Å²) in [6.07, 6.45) is -2.19. The summed E-state index contributed by atoms with van der Waals surface area (Å²) in [5.41, 5.74) is 0.560. The van der Waals surface area contributed by atoms with Crippen molar-refractivity contribution in [2.24, 2.45) is 0 Å². The van der Waals surface area contributed by atoms with Gasteiger partial charge in [-0.15, -0.1) is 0 Å². The van der Waals surface area contributed by atoms with Gasteiger partial charge in [-0.25, -0.2) is 0 Å². The first-order valence-corrected chi connectivity index (χ1v) is 8.25. The number of aliphatic hydroxyl groups excluding tert-OH is 1. The van der Waals surface area contributed by atoms with Crippen molar-refractivity contribution in [3.8, 4) is 5.75 Å². The number of anilines is 1. The molecule has 0 bridgehead atoms. The number of esters is 3. The topological polar surface area (TPSA) is 128 Å². The molecule has 0 aliphatic carbocycles. The highest BCUT2D eigenvalue weighted by molar-refractivity contribution is 5.88. The highest BCUT2D eigenvalue weighted by Gasteiger charge is 2.27. The molecule has 0 aromatic heterocycles. The van der Waals surface area contributed by atoms with Crippen LogP contribution in [0.25, 0.3) is 0 Å². The molecule has 0 radical (unpaired) electrons. The fourth-order valence-corrected chi connectivity index (χ4v) is 2.23. The standard InChI is InChI=1S/C18H23NO8/c1-11(21)19-14-4-6-15(7-5-14)27-18(24)9-8-16(25-12(2)22)17(10-20)26-13(3)23/h4-7,16-17,20H,8-10H2,1-3H3,(H,19,21)/t16-,17+/m0/s1. The molecule has 0 aliphatic rings. The van der Waals surface area contributed by atoms with Crippen molar-refractivity contribution in [3.05, 3.63) is 24.3 Å². The molecular formula is C18H23NO8. The van der Waals surface area contributed by atoms with Crippen molar-refractivity contribution in [1.29, 1.82) is 0 Å². The molecule has 1 aromatic carbocycles. The van der Waals surface area contributed by atoms with E-state index in [0.29, 0.717) is 5.69 Å². The predicted octanol–water partition coefficient (Wildman–Crippen LogP) is 1.19. The summed E-state index contributed by atoms with van der Waals surface area (Å²) in [7, 11) is 0. The molecular weight excluding hydrogens is 358 g/mol. The van der Waals surface area contributed by atoms with Crippen LogP contribution in [0.4, 0.5) is 5.69 Å². The number of hydrogen-bond acceptors (Lipinski definition) is 8. The summed E-state index contributed by atoms with van der Waals surface area (Å²) in [6.45, 7) is 3.15. The zero-order valence-corrected chi connectivity index (χ0v) is 15.4. The van der Waals surface area contributed by atoms with Crippen molar-refractivity contribution < 1.29 is 38.5 Å².